The molecule has 1 saturated heterocycles. The number of sulfonamides is 2. The number of hydrogen-bond donors (Lipinski definition) is 0. The first-order chi connectivity index (χ1) is 11.8. The lowest BCUT2D eigenvalue weighted by Gasteiger charge is -2.21. The summed E-state index contributed by atoms with van der Waals surface area (Å²) in [5, 5.41) is 3.89. The van der Waals surface area contributed by atoms with Crippen LogP contribution in [0.3, 0.4) is 0 Å². The number of aryl methyl sites for hydroxylation is 1. The van der Waals surface area contributed by atoms with Gasteiger partial charge in [-0.25, -0.2) is 16.8 Å². The third kappa shape index (κ3) is 3.59. The number of aromatic nitrogens is 3. The van der Waals surface area contributed by atoms with Crippen molar-refractivity contribution in [2.24, 2.45) is 7.05 Å². The molecule has 0 amide bonds. The summed E-state index contributed by atoms with van der Waals surface area (Å²) in [6, 6.07) is 3.04. The lowest BCUT2D eigenvalue weighted by molar-refractivity contribution is 0.404. The van der Waals surface area contributed by atoms with Gasteiger partial charge in [0.1, 0.15) is 9.79 Å². The van der Waals surface area contributed by atoms with E-state index in [1.165, 1.54) is 44.1 Å². The van der Waals surface area contributed by atoms with Crippen molar-refractivity contribution in [1.82, 2.24) is 23.4 Å². The molecule has 0 bridgehead atoms. The normalized spacial score (nSPS) is 18.1. The van der Waals surface area contributed by atoms with Gasteiger partial charge in [-0.3, -0.25) is 9.67 Å². The van der Waals surface area contributed by atoms with E-state index in [-0.39, 0.29) is 36.0 Å². The van der Waals surface area contributed by atoms with E-state index in [2.05, 4.69) is 10.1 Å². The first kappa shape index (κ1) is 18.0. The van der Waals surface area contributed by atoms with Gasteiger partial charge >= 0.3 is 0 Å². The van der Waals surface area contributed by atoms with Crippen LogP contribution in [0.2, 0.25) is 0 Å². The van der Waals surface area contributed by atoms with Gasteiger partial charge in [-0.1, -0.05) is 0 Å². The fraction of sp³-hybridized carbons (Fsp3) is 0.429. The van der Waals surface area contributed by atoms with Crippen LogP contribution < -0.4 is 0 Å². The van der Waals surface area contributed by atoms with Gasteiger partial charge in [0.05, 0.1) is 6.20 Å². The minimum Gasteiger partial charge on any atom is -0.274 e. The van der Waals surface area contributed by atoms with Crippen molar-refractivity contribution in [3.63, 3.8) is 0 Å². The molecule has 0 radical (unpaired) electrons. The molecule has 2 aromatic heterocycles. The molecular weight excluding hydrogens is 366 g/mol. The van der Waals surface area contributed by atoms with E-state index >= 15 is 0 Å². The van der Waals surface area contributed by atoms with E-state index in [0.29, 0.717) is 6.42 Å². The maximum absolute atomic E-state index is 12.7. The second-order valence-corrected chi connectivity index (χ2v) is 9.58. The molecule has 1 fully saturated rings. The Morgan fingerprint density at radius 1 is 0.920 bits per heavy atom. The highest BCUT2D eigenvalue weighted by Crippen LogP contribution is 2.20. The van der Waals surface area contributed by atoms with Crippen molar-refractivity contribution in [3.05, 3.63) is 36.9 Å². The topological polar surface area (TPSA) is 105 Å². The Labute approximate surface area is 147 Å². The Hall–Kier alpha value is -1.82. The molecule has 3 rings (SSSR count). The fourth-order valence-corrected chi connectivity index (χ4v) is 5.57. The Bertz CT molecular complexity index is 941. The van der Waals surface area contributed by atoms with E-state index in [4.69, 9.17) is 0 Å². The van der Waals surface area contributed by atoms with Crippen molar-refractivity contribution < 1.29 is 16.8 Å². The highest BCUT2D eigenvalue weighted by molar-refractivity contribution is 7.89. The van der Waals surface area contributed by atoms with Crippen LogP contribution in [-0.2, 0) is 27.1 Å². The zero-order valence-electron chi connectivity index (χ0n) is 13.7. The molecule has 0 atom stereocenters. The number of pyridine rings is 1. The molecule has 25 heavy (non-hydrogen) atoms. The molecule has 9 nitrogen and oxygen atoms in total. The predicted molar refractivity (Wildman–Crippen MR) is 89.6 cm³/mol. The molecular formula is C14H19N5O4S2. The standard InChI is InChI=1S/C14H19N5O4S2/c1-17-12-14(11-16-17)25(22,23)19-7-3-6-18(8-9-19)24(20,21)13-4-2-5-15-10-13/h2,4-5,10-12H,3,6-9H2,1H3. The van der Waals surface area contributed by atoms with Crippen LogP contribution in [0.4, 0.5) is 0 Å². The summed E-state index contributed by atoms with van der Waals surface area (Å²) in [5.74, 6) is 0. The van der Waals surface area contributed by atoms with Crippen molar-refractivity contribution in [1.29, 1.82) is 0 Å². The predicted octanol–water partition coefficient (Wildman–Crippen LogP) is -0.0996. The van der Waals surface area contributed by atoms with Crippen LogP contribution in [0.15, 0.2) is 46.7 Å². The van der Waals surface area contributed by atoms with Gasteiger partial charge in [0.25, 0.3) is 0 Å². The van der Waals surface area contributed by atoms with Gasteiger partial charge in [0.2, 0.25) is 20.0 Å². The summed E-state index contributed by atoms with van der Waals surface area (Å²) in [7, 11) is -5.72. The maximum atomic E-state index is 12.7. The van der Waals surface area contributed by atoms with E-state index < -0.39 is 20.0 Å². The number of nitrogens with zero attached hydrogens (tertiary/aromatic N) is 5. The smallest absolute Gasteiger partial charge is 0.246 e. The third-order valence-corrected chi connectivity index (χ3v) is 7.74. The van der Waals surface area contributed by atoms with Gasteiger partial charge in [-0.05, 0) is 18.6 Å². The quantitative estimate of drug-likeness (QED) is 0.728. The third-order valence-electron chi connectivity index (χ3n) is 4.00. The molecule has 0 aliphatic carbocycles. The van der Waals surface area contributed by atoms with Gasteiger partial charge in [0, 0.05) is 51.8 Å². The molecule has 0 saturated carbocycles. The molecule has 11 heteroatoms. The SMILES string of the molecule is Cn1cc(S(=O)(=O)N2CCCN(S(=O)(=O)c3cccnc3)CC2)cn1. The summed E-state index contributed by atoms with van der Waals surface area (Å²) in [6.45, 7) is 0.708. The average molecular weight is 385 g/mol. The number of rotatable bonds is 4. The second kappa shape index (κ2) is 6.83. The lowest BCUT2D eigenvalue weighted by Crippen LogP contribution is -2.37. The maximum Gasteiger partial charge on any atom is 0.246 e. The summed E-state index contributed by atoms with van der Waals surface area (Å²) >= 11 is 0. The average Bonchev–Trinajstić information content (AvgIpc) is 2.88. The van der Waals surface area contributed by atoms with E-state index in [9.17, 15) is 16.8 Å². The van der Waals surface area contributed by atoms with Crippen molar-refractivity contribution >= 4 is 20.0 Å². The van der Waals surface area contributed by atoms with Crippen LogP contribution >= 0.6 is 0 Å². The lowest BCUT2D eigenvalue weighted by atomic mass is 10.4. The second-order valence-electron chi connectivity index (χ2n) is 5.70. The highest BCUT2D eigenvalue weighted by Gasteiger charge is 2.32. The molecule has 0 aromatic carbocycles. The van der Waals surface area contributed by atoms with E-state index in [1.807, 2.05) is 0 Å². The first-order valence-corrected chi connectivity index (χ1v) is 10.6. The molecule has 1 aliphatic heterocycles. The zero-order chi connectivity index (χ0) is 18.1. The van der Waals surface area contributed by atoms with Gasteiger partial charge in [-0.2, -0.15) is 13.7 Å². The van der Waals surface area contributed by atoms with Gasteiger partial charge in [0.15, 0.2) is 0 Å². The summed E-state index contributed by atoms with van der Waals surface area (Å²) < 4.78 is 54.7. The fourth-order valence-electron chi connectivity index (χ4n) is 2.68. The molecule has 3 heterocycles. The highest BCUT2D eigenvalue weighted by atomic mass is 32.2. The van der Waals surface area contributed by atoms with Crippen LogP contribution in [0.25, 0.3) is 0 Å². The number of hydrogen-bond acceptors (Lipinski definition) is 6. The van der Waals surface area contributed by atoms with Crippen molar-refractivity contribution in [2.75, 3.05) is 26.2 Å². The molecule has 0 spiro atoms. The van der Waals surface area contributed by atoms with Crippen molar-refractivity contribution in [2.45, 2.75) is 16.2 Å². The van der Waals surface area contributed by atoms with Gasteiger partial charge < -0.3 is 0 Å². The molecule has 0 unspecified atom stereocenters. The molecule has 2 aromatic rings. The zero-order valence-corrected chi connectivity index (χ0v) is 15.3. The summed E-state index contributed by atoms with van der Waals surface area (Å²) in [5.41, 5.74) is 0. The molecule has 0 N–H and O–H groups in total. The Morgan fingerprint density at radius 2 is 1.56 bits per heavy atom. The van der Waals surface area contributed by atoms with Crippen LogP contribution in [0, 0.1) is 0 Å². The Balaban J connectivity index is 1.79. The van der Waals surface area contributed by atoms with E-state index in [1.54, 1.807) is 13.1 Å². The minimum atomic E-state index is -3.68. The van der Waals surface area contributed by atoms with Crippen LogP contribution in [-0.4, -0.2) is 66.4 Å². The van der Waals surface area contributed by atoms with Crippen LogP contribution in [0.1, 0.15) is 6.42 Å². The van der Waals surface area contributed by atoms with Gasteiger partial charge in [-0.15, -0.1) is 0 Å². The van der Waals surface area contributed by atoms with E-state index in [0.717, 1.165) is 0 Å². The molecule has 1 aliphatic rings. The largest absolute Gasteiger partial charge is 0.274 e. The first-order valence-electron chi connectivity index (χ1n) is 7.71. The van der Waals surface area contributed by atoms with Crippen molar-refractivity contribution in [3.8, 4) is 0 Å². The Kier molecular flexibility index (Phi) is 4.91. The molecule has 136 valence electrons. The minimum absolute atomic E-state index is 0.0940. The van der Waals surface area contributed by atoms with Crippen LogP contribution in [0.5, 0.6) is 0 Å². The summed E-state index contributed by atoms with van der Waals surface area (Å²) in [4.78, 5) is 4.06. The monoisotopic (exact) mass is 385 g/mol. The summed E-state index contributed by atoms with van der Waals surface area (Å²) in [6.07, 6.45) is 5.95. The Morgan fingerprint density at radius 3 is 2.08 bits per heavy atom.